The van der Waals surface area contributed by atoms with Crippen molar-refractivity contribution in [1.29, 1.82) is 0 Å². The Hall–Kier alpha value is -3.93. The van der Waals surface area contributed by atoms with Gasteiger partial charge in [-0.1, -0.05) is 30.3 Å². The second-order valence-electron chi connectivity index (χ2n) is 7.02. The van der Waals surface area contributed by atoms with Gasteiger partial charge in [-0.15, -0.1) is 0 Å². The quantitative estimate of drug-likeness (QED) is 0.550. The number of benzene rings is 3. The van der Waals surface area contributed by atoms with Crippen LogP contribution in [0.4, 0.5) is 5.69 Å². The predicted octanol–water partition coefficient (Wildman–Crippen LogP) is 4.96. The van der Waals surface area contributed by atoms with Crippen LogP contribution in [0.5, 0.6) is 23.0 Å². The van der Waals surface area contributed by atoms with Crippen molar-refractivity contribution in [2.75, 3.05) is 19.2 Å². The van der Waals surface area contributed by atoms with E-state index in [4.69, 9.17) is 18.9 Å². The van der Waals surface area contributed by atoms with Gasteiger partial charge in [0.1, 0.15) is 6.61 Å². The summed E-state index contributed by atoms with van der Waals surface area (Å²) in [5.74, 6) is 2.29. The van der Waals surface area contributed by atoms with Gasteiger partial charge in [0.15, 0.2) is 23.0 Å². The van der Waals surface area contributed by atoms with E-state index in [0.29, 0.717) is 35.3 Å². The van der Waals surface area contributed by atoms with E-state index in [1.54, 1.807) is 31.4 Å². The Morgan fingerprint density at radius 2 is 1.87 bits per heavy atom. The fourth-order valence-corrected chi connectivity index (χ4v) is 3.16. The molecule has 0 saturated heterocycles. The van der Waals surface area contributed by atoms with Crippen LogP contribution in [0.15, 0.2) is 66.7 Å². The van der Waals surface area contributed by atoms with Crippen LogP contribution in [0.1, 0.15) is 16.7 Å². The van der Waals surface area contributed by atoms with Crippen molar-refractivity contribution in [3.8, 4) is 23.0 Å². The highest BCUT2D eigenvalue weighted by Gasteiger charge is 2.13. The lowest BCUT2D eigenvalue weighted by atomic mass is 10.1. The van der Waals surface area contributed by atoms with Crippen LogP contribution >= 0.6 is 0 Å². The summed E-state index contributed by atoms with van der Waals surface area (Å²) in [4.78, 5) is 12.3. The number of methoxy groups -OCH3 is 1. The SMILES string of the molecule is COc1cc(/C=C/C(=O)Nc2ccc3c(c2)OCO3)ccc1OCc1ccccc1C. The fourth-order valence-electron chi connectivity index (χ4n) is 3.16. The van der Waals surface area contributed by atoms with Crippen molar-refractivity contribution >= 4 is 17.7 Å². The molecule has 0 fully saturated rings. The lowest BCUT2D eigenvalue weighted by Gasteiger charge is -2.12. The minimum Gasteiger partial charge on any atom is -0.493 e. The summed E-state index contributed by atoms with van der Waals surface area (Å²) in [6.07, 6.45) is 3.18. The van der Waals surface area contributed by atoms with Crippen LogP contribution in [0.2, 0.25) is 0 Å². The van der Waals surface area contributed by atoms with Crippen LogP contribution in [0.3, 0.4) is 0 Å². The smallest absolute Gasteiger partial charge is 0.248 e. The van der Waals surface area contributed by atoms with E-state index in [1.165, 1.54) is 11.6 Å². The number of hydrogen-bond donors (Lipinski definition) is 1. The highest BCUT2D eigenvalue weighted by molar-refractivity contribution is 6.02. The lowest BCUT2D eigenvalue weighted by Crippen LogP contribution is -2.07. The van der Waals surface area contributed by atoms with Gasteiger partial charge in [-0.25, -0.2) is 0 Å². The van der Waals surface area contributed by atoms with Crippen molar-refractivity contribution in [2.24, 2.45) is 0 Å². The second-order valence-corrected chi connectivity index (χ2v) is 7.02. The van der Waals surface area contributed by atoms with Crippen molar-refractivity contribution in [1.82, 2.24) is 0 Å². The first kappa shape index (κ1) is 20.3. The molecule has 0 unspecified atom stereocenters. The molecule has 1 aliphatic heterocycles. The largest absolute Gasteiger partial charge is 0.493 e. The fraction of sp³-hybridized carbons (Fsp3) is 0.160. The molecule has 1 heterocycles. The number of anilines is 1. The molecule has 0 saturated carbocycles. The Morgan fingerprint density at radius 1 is 1.03 bits per heavy atom. The number of nitrogens with one attached hydrogen (secondary N) is 1. The number of aryl methyl sites for hydroxylation is 1. The normalized spacial score (nSPS) is 12.1. The maximum absolute atomic E-state index is 12.3. The summed E-state index contributed by atoms with van der Waals surface area (Å²) < 4.78 is 22.0. The molecule has 0 aromatic heterocycles. The van der Waals surface area contributed by atoms with Crippen LogP contribution in [-0.4, -0.2) is 19.8 Å². The monoisotopic (exact) mass is 417 g/mol. The van der Waals surface area contributed by atoms with Crippen LogP contribution in [0, 0.1) is 6.92 Å². The molecule has 1 N–H and O–H groups in total. The van der Waals surface area contributed by atoms with E-state index in [1.807, 2.05) is 36.4 Å². The summed E-state index contributed by atoms with van der Waals surface area (Å²) in [6, 6.07) is 18.9. The van der Waals surface area contributed by atoms with E-state index in [9.17, 15) is 4.79 Å². The van der Waals surface area contributed by atoms with E-state index >= 15 is 0 Å². The molecule has 3 aromatic rings. The van der Waals surface area contributed by atoms with E-state index < -0.39 is 0 Å². The number of ether oxygens (including phenoxy) is 4. The zero-order chi connectivity index (χ0) is 21.6. The van der Waals surface area contributed by atoms with E-state index in [0.717, 1.165) is 11.1 Å². The molecule has 158 valence electrons. The average molecular weight is 417 g/mol. The third-order valence-corrected chi connectivity index (χ3v) is 4.90. The number of hydrogen-bond acceptors (Lipinski definition) is 5. The van der Waals surface area contributed by atoms with Gasteiger partial charge < -0.3 is 24.3 Å². The van der Waals surface area contributed by atoms with Gasteiger partial charge in [0.25, 0.3) is 0 Å². The Bertz CT molecular complexity index is 1120. The van der Waals surface area contributed by atoms with Crippen LogP contribution in [-0.2, 0) is 11.4 Å². The first-order chi connectivity index (χ1) is 15.1. The molecule has 3 aromatic carbocycles. The number of carbonyl (C=O) groups excluding carboxylic acids is 1. The van der Waals surface area contributed by atoms with Gasteiger partial charge >= 0.3 is 0 Å². The van der Waals surface area contributed by atoms with Crippen LogP contribution in [0.25, 0.3) is 6.08 Å². The molecule has 0 bridgehead atoms. The Morgan fingerprint density at radius 3 is 2.71 bits per heavy atom. The molecular weight excluding hydrogens is 394 g/mol. The summed E-state index contributed by atoms with van der Waals surface area (Å²) in [5, 5.41) is 2.81. The van der Waals surface area contributed by atoms with Gasteiger partial charge in [-0.05, 0) is 54.0 Å². The van der Waals surface area contributed by atoms with Crippen molar-refractivity contribution in [3.05, 3.63) is 83.4 Å². The molecule has 31 heavy (non-hydrogen) atoms. The summed E-state index contributed by atoms with van der Waals surface area (Å²) in [6.45, 7) is 2.70. The first-order valence-corrected chi connectivity index (χ1v) is 9.86. The van der Waals surface area contributed by atoms with Gasteiger partial charge in [0, 0.05) is 17.8 Å². The Kier molecular flexibility index (Phi) is 6.08. The summed E-state index contributed by atoms with van der Waals surface area (Å²) in [7, 11) is 1.59. The van der Waals surface area contributed by atoms with Crippen molar-refractivity contribution in [2.45, 2.75) is 13.5 Å². The van der Waals surface area contributed by atoms with Crippen LogP contribution < -0.4 is 24.3 Å². The number of rotatable bonds is 7. The number of carbonyl (C=O) groups is 1. The molecule has 4 rings (SSSR count). The minimum atomic E-state index is -0.252. The van der Waals surface area contributed by atoms with E-state index in [2.05, 4.69) is 18.3 Å². The van der Waals surface area contributed by atoms with Crippen molar-refractivity contribution < 1.29 is 23.7 Å². The third kappa shape index (κ3) is 4.98. The topological polar surface area (TPSA) is 66.0 Å². The minimum absolute atomic E-state index is 0.194. The summed E-state index contributed by atoms with van der Waals surface area (Å²) in [5.41, 5.74) is 3.75. The van der Waals surface area contributed by atoms with Crippen molar-refractivity contribution in [3.63, 3.8) is 0 Å². The Labute approximate surface area is 181 Å². The zero-order valence-corrected chi connectivity index (χ0v) is 17.4. The molecule has 6 nitrogen and oxygen atoms in total. The maximum Gasteiger partial charge on any atom is 0.248 e. The van der Waals surface area contributed by atoms with Gasteiger partial charge in [-0.3, -0.25) is 4.79 Å². The molecule has 0 radical (unpaired) electrons. The Balaban J connectivity index is 1.39. The number of fused-ring (bicyclic) bond motifs is 1. The maximum atomic E-state index is 12.3. The zero-order valence-electron chi connectivity index (χ0n) is 17.4. The van der Waals surface area contributed by atoms with Gasteiger partial charge in [0.2, 0.25) is 12.7 Å². The third-order valence-electron chi connectivity index (χ3n) is 4.90. The lowest BCUT2D eigenvalue weighted by molar-refractivity contribution is -0.111. The first-order valence-electron chi connectivity index (χ1n) is 9.86. The summed E-state index contributed by atoms with van der Waals surface area (Å²) >= 11 is 0. The van der Waals surface area contributed by atoms with E-state index in [-0.39, 0.29) is 12.7 Å². The van der Waals surface area contributed by atoms with Gasteiger partial charge in [-0.2, -0.15) is 0 Å². The molecule has 0 aliphatic carbocycles. The predicted molar refractivity (Wildman–Crippen MR) is 119 cm³/mol. The molecule has 1 amide bonds. The van der Waals surface area contributed by atoms with Gasteiger partial charge in [0.05, 0.1) is 7.11 Å². The molecule has 1 aliphatic rings. The second kappa shape index (κ2) is 9.26. The highest BCUT2D eigenvalue weighted by atomic mass is 16.7. The molecular formula is C25H23NO5. The standard InChI is InChI=1S/C25H23NO5/c1-17-5-3-4-6-19(17)15-29-21-10-7-18(13-23(21)28-2)8-12-25(27)26-20-9-11-22-24(14-20)31-16-30-22/h3-14H,15-16H2,1-2H3,(H,26,27)/b12-8+. The average Bonchev–Trinajstić information content (AvgIpc) is 3.25. The molecule has 6 heteroatoms. The molecule has 0 atom stereocenters. The molecule has 0 spiro atoms. The highest BCUT2D eigenvalue weighted by Crippen LogP contribution is 2.34. The number of amides is 1.